The third-order valence-electron chi connectivity index (χ3n) is 10.1. The number of hydrogen-bond acceptors (Lipinski definition) is 5. The van der Waals surface area contributed by atoms with Crippen molar-refractivity contribution in [3.63, 3.8) is 0 Å². The van der Waals surface area contributed by atoms with Gasteiger partial charge in [0.1, 0.15) is 24.6 Å². The lowest BCUT2D eigenvalue weighted by atomic mass is 9.81. The Morgan fingerprint density at radius 2 is 1.61 bits per heavy atom. The van der Waals surface area contributed by atoms with Crippen LogP contribution >= 0.6 is 0 Å². The number of nitrogens with zero attached hydrogens (tertiary/aromatic N) is 2. The first-order valence-electron chi connectivity index (χ1n) is 16.4. The van der Waals surface area contributed by atoms with Crippen LogP contribution < -0.4 is 30.1 Å². The Labute approximate surface area is 260 Å². The zero-order chi connectivity index (χ0) is 30.4. The normalized spacial score (nSPS) is 18.7. The molecule has 0 radical (unpaired) electrons. The summed E-state index contributed by atoms with van der Waals surface area (Å²) in [5.41, 5.74) is 10.7. The maximum absolute atomic E-state index is 12.3. The molecule has 0 amide bonds. The van der Waals surface area contributed by atoms with Crippen LogP contribution in [0.2, 0.25) is 0 Å². The van der Waals surface area contributed by atoms with Crippen molar-refractivity contribution in [2.75, 3.05) is 31.1 Å². The molecule has 44 heavy (non-hydrogen) atoms. The fraction of sp³-hybridized carbons (Fsp3) is 0.472. The summed E-state index contributed by atoms with van der Waals surface area (Å²) in [7, 11) is -4.36. The summed E-state index contributed by atoms with van der Waals surface area (Å²) in [6, 6.07) is 9.87. The predicted molar refractivity (Wildman–Crippen MR) is 173 cm³/mol. The first-order valence-corrected chi connectivity index (χ1v) is 17.8. The monoisotopic (exact) mass is 612 g/mol. The topological polar surface area (TPSA) is 81.9 Å². The Hall–Kier alpha value is -3.20. The molecule has 2 N–H and O–H groups in total. The first kappa shape index (κ1) is 28.3. The molecule has 0 bridgehead atoms. The summed E-state index contributed by atoms with van der Waals surface area (Å²) < 4.78 is 44.4. The summed E-state index contributed by atoms with van der Waals surface area (Å²) in [6.07, 6.45) is 8.62. The van der Waals surface area contributed by atoms with Crippen molar-refractivity contribution in [1.82, 2.24) is 9.89 Å². The minimum Gasteiger partial charge on any atom is -0.455 e. The number of ether oxygens (including phenoxy) is 1. The molecule has 3 aromatic rings. The molecule has 0 saturated heterocycles. The molecule has 8 heteroatoms. The molecule has 0 aromatic heterocycles. The fourth-order valence-corrected chi connectivity index (χ4v) is 8.82. The molecule has 0 spiro atoms. The number of nitrogens with one attached hydrogen (secondary N) is 1. The van der Waals surface area contributed by atoms with Crippen LogP contribution in [0.25, 0.3) is 5.57 Å². The second-order valence-electron chi connectivity index (χ2n) is 14.2. The van der Waals surface area contributed by atoms with Gasteiger partial charge in [-0.25, -0.2) is 4.58 Å². The Morgan fingerprint density at radius 3 is 2.39 bits per heavy atom. The van der Waals surface area contributed by atoms with Gasteiger partial charge in [-0.1, -0.05) is 6.07 Å². The number of anilines is 1. The van der Waals surface area contributed by atoms with E-state index in [1.807, 2.05) is 6.07 Å². The van der Waals surface area contributed by atoms with Crippen LogP contribution in [0, 0.1) is 0 Å². The SMILES string of the molecule is CC(C)(C)NCc1cc(S(=O)(=O)O)ccc1C1=c2cc3c4c(c2Oc2c1cc1c5c2CCCN5CCC1)CCC[N+]=4CCC3. The second kappa shape index (κ2) is 10.2. The van der Waals surface area contributed by atoms with Crippen molar-refractivity contribution >= 4 is 21.4 Å². The van der Waals surface area contributed by atoms with E-state index in [9.17, 15) is 13.0 Å². The van der Waals surface area contributed by atoms with E-state index < -0.39 is 10.1 Å². The van der Waals surface area contributed by atoms with Gasteiger partial charge >= 0.3 is 0 Å². The maximum atomic E-state index is 12.3. The van der Waals surface area contributed by atoms with E-state index in [0.29, 0.717) is 6.54 Å². The Bertz CT molecular complexity index is 1970. The minimum atomic E-state index is -4.36. The van der Waals surface area contributed by atoms with Crippen LogP contribution in [-0.4, -0.2) is 44.7 Å². The molecule has 5 aliphatic heterocycles. The van der Waals surface area contributed by atoms with E-state index in [-0.39, 0.29) is 10.4 Å². The number of hydrogen-bond donors (Lipinski definition) is 2. The predicted octanol–water partition coefficient (Wildman–Crippen LogP) is 4.26. The Morgan fingerprint density at radius 1 is 0.886 bits per heavy atom. The van der Waals surface area contributed by atoms with Gasteiger partial charge in [-0.3, -0.25) is 4.55 Å². The van der Waals surface area contributed by atoms with Crippen LogP contribution in [0.15, 0.2) is 35.2 Å². The van der Waals surface area contributed by atoms with Gasteiger partial charge in [-0.15, -0.1) is 0 Å². The van der Waals surface area contributed by atoms with Crippen LogP contribution in [0.4, 0.5) is 5.69 Å². The Kier molecular flexibility index (Phi) is 6.53. The van der Waals surface area contributed by atoms with Crippen LogP contribution in [0.5, 0.6) is 11.5 Å². The van der Waals surface area contributed by atoms with Crippen LogP contribution in [0.3, 0.4) is 0 Å². The third-order valence-corrected chi connectivity index (χ3v) is 11.0. The van der Waals surface area contributed by atoms with Gasteiger partial charge in [0, 0.05) is 71.2 Å². The molecule has 0 fully saturated rings. The van der Waals surface area contributed by atoms with E-state index >= 15 is 0 Å². The van der Waals surface area contributed by atoms with Crippen molar-refractivity contribution in [3.05, 3.63) is 79.9 Å². The molecule has 7 nitrogen and oxygen atoms in total. The molecule has 0 saturated carbocycles. The average molecular weight is 613 g/mol. The lowest BCUT2D eigenvalue weighted by molar-refractivity contribution is 0.423. The Balaban J connectivity index is 1.48. The summed E-state index contributed by atoms with van der Waals surface area (Å²) >= 11 is 0. The number of fused-ring (bicyclic) bond motifs is 4. The number of aryl methyl sites for hydroxylation is 2. The van der Waals surface area contributed by atoms with E-state index in [1.165, 1.54) is 33.3 Å². The van der Waals surface area contributed by atoms with Gasteiger partial charge in [0.05, 0.1) is 10.5 Å². The molecule has 5 aliphatic rings. The molecule has 0 aliphatic carbocycles. The van der Waals surface area contributed by atoms with Gasteiger partial charge in [0.25, 0.3) is 10.1 Å². The lowest BCUT2D eigenvalue weighted by Gasteiger charge is -2.39. The molecule has 0 atom stereocenters. The highest BCUT2D eigenvalue weighted by Gasteiger charge is 2.36. The first-order chi connectivity index (χ1) is 21.1. The van der Waals surface area contributed by atoms with Crippen molar-refractivity contribution in [3.8, 4) is 11.5 Å². The average Bonchev–Trinajstić information content (AvgIpc) is 2.99. The molecule has 0 unspecified atom stereocenters. The molecule has 8 rings (SSSR count). The fourth-order valence-electron chi connectivity index (χ4n) is 8.28. The van der Waals surface area contributed by atoms with Crippen molar-refractivity contribution < 1.29 is 17.7 Å². The molecular formula is C36H42N3O4S+. The quantitative estimate of drug-likeness (QED) is 0.265. The maximum Gasteiger partial charge on any atom is 0.294 e. The van der Waals surface area contributed by atoms with Crippen molar-refractivity contribution in [1.29, 1.82) is 0 Å². The summed E-state index contributed by atoms with van der Waals surface area (Å²) in [5.74, 6) is 1.96. The highest BCUT2D eigenvalue weighted by molar-refractivity contribution is 7.85. The minimum absolute atomic E-state index is 0.0765. The molecule has 230 valence electrons. The third kappa shape index (κ3) is 4.60. The number of rotatable bonds is 4. The highest BCUT2D eigenvalue weighted by atomic mass is 32.2. The van der Waals surface area contributed by atoms with Gasteiger partial charge in [-0.2, -0.15) is 8.42 Å². The van der Waals surface area contributed by atoms with Gasteiger partial charge in [-0.05, 0) is 100 Å². The van der Waals surface area contributed by atoms with E-state index in [0.717, 1.165) is 117 Å². The van der Waals surface area contributed by atoms with Crippen molar-refractivity contribution in [2.24, 2.45) is 0 Å². The summed E-state index contributed by atoms with van der Waals surface area (Å²) in [6.45, 7) is 11.2. The largest absolute Gasteiger partial charge is 0.455 e. The zero-order valence-corrected chi connectivity index (χ0v) is 26.9. The van der Waals surface area contributed by atoms with E-state index in [4.69, 9.17) is 4.74 Å². The smallest absolute Gasteiger partial charge is 0.294 e. The van der Waals surface area contributed by atoms with E-state index in [2.05, 4.69) is 47.7 Å². The molecule has 5 heterocycles. The van der Waals surface area contributed by atoms with Crippen molar-refractivity contribution in [2.45, 2.75) is 89.1 Å². The zero-order valence-electron chi connectivity index (χ0n) is 26.1. The summed E-state index contributed by atoms with van der Waals surface area (Å²) in [5, 5.41) is 6.08. The summed E-state index contributed by atoms with van der Waals surface area (Å²) in [4.78, 5) is 2.49. The lowest BCUT2D eigenvalue weighted by Crippen LogP contribution is -2.45. The number of benzene rings is 3. The molecular weight excluding hydrogens is 570 g/mol. The second-order valence-corrected chi connectivity index (χ2v) is 15.7. The van der Waals surface area contributed by atoms with Gasteiger partial charge in [0.15, 0.2) is 0 Å². The van der Waals surface area contributed by atoms with Gasteiger partial charge in [0.2, 0.25) is 5.36 Å². The van der Waals surface area contributed by atoms with Gasteiger partial charge < -0.3 is 15.0 Å². The van der Waals surface area contributed by atoms with E-state index in [1.54, 1.807) is 12.1 Å². The standard InChI is InChI=1S/C36H41N3O4S/c1-36(2,3)37-21-24-18-25(44(40,41)42)12-13-26(24)31-29-19-22-8-4-14-38-16-6-10-27(32(22)38)34(29)43-35-28-11-7-17-39-15-5-9-23(33(28)39)20-30(31)35/h12-13,18-20,37H,4-11,14-17,21H2,1-3H3/p+1. The molecule has 3 aromatic carbocycles. The highest BCUT2D eigenvalue weighted by Crippen LogP contribution is 2.48. The van der Waals surface area contributed by atoms with Crippen LogP contribution in [-0.2, 0) is 42.3 Å². The van der Waals surface area contributed by atoms with Crippen LogP contribution in [0.1, 0.15) is 85.4 Å².